The molecule has 5 unspecified atom stereocenters. The summed E-state index contributed by atoms with van der Waals surface area (Å²) in [6, 6.07) is 4.86. The number of sulfonamides is 1. The molecule has 9 nitrogen and oxygen atoms in total. The molecule has 0 bridgehead atoms. The van der Waals surface area contributed by atoms with Crippen molar-refractivity contribution >= 4 is 15.6 Å². The molecule has 202 valence electrons. The predicted octanol–water partition coefficient (Wildman–Crippen LogP) is 2.37. The monoisotopic (exact) mass is 532 g/mol. The van der Waals surface area contributed by atoms with Gasteiger partial charge in [0.1, 0.15) is 17.7 Å². The first-order chi connectivity index (χ1) is 17.7. The Morgan fingerprint density at radius 2 is 2.11 bits per heavy atom. The summed E-state index contributed by atoms with van der Waals surface area (Å²) in [6.07, 6.45) is 7.42. The number of hydrazine groups is 1. The second-order valence-corrected chi connectivity index (χ2v) is 12.3. The SMILES string of the molecule is CCc1cc(O)ccc1C1CCC2C(c3ncc(C4=CCCN(CCNS(C)(=O)=O)C4)[nH]3)NNC2C1F. The van der Waals surface area contributed by atoms with Gasteiger partial charge < -0.3 is 10.1 Å². The highest BCUT2D eigenvalue weighted by atomic mass is 32.2. The molecule has 3 aliphatic rings. The van der Waals surface area contributed by atoms with E-state index in [0.29, 0.717) is 13.1 Å². The third-order valence-electron chi connectivity index (χ3n) is 8.00. The van der Waals surface area contributed by atoms with E-state index in [-0.39, 0.29) is 29.7 Å². The smallest absolute Gasteiger partial charge is 0.208 e. The van der Waals surface area contributed by atoms with Crippen LogP contribution in [0.1, 0.15) is 60.8 Å². The molecule has 5 rings (SSSR count). The molecule has 2 aliphatic heterocycles. The quantitative estimate of drug-likeness (QED) is 0.354. The third kappa shape index (κ3) is 5.75. The number of halogens is 1. The number of nitrogens with one attached hydrogen (secondary N) is 4. The minimum absolute atomic E-state index is 0.0753. The lowest BCUT2D eigenvalue weighted by atomic mass is 9.71. The molecule has 11 heteroatoms. The van der Waals surface area contributed by atoms with Gasteiger partial charge >= 0.3 is 0 Å². The third-order valence-corrected chi connectivity index (χ3v) is 8.73. The number of aromatic amines is 1. The van der Waals surface area contributed by atoms with Crippen LogP contribution in [0, 0.1) is 5.92 Å². The van der Waals surface area contributed by atoms with Crippen molar-refractivity contribution in [3.05, 3.63) is 53.1 Å². The minimum Gasteiger partial charge on any atom is -0.508 e. The number of alkyl halides is 1. The molecule has 1 saturated carbocycles. The second kappa shape index (κ2) is 10.8. The van der Waals surface area contributed by atoms with Gasteiger partial charge in [-0.05, 0) is 54.5 Å². The summed E-state index contributed by atoms with van der Waals surface area (Å²) in [5, 5.41) is 9.86. The maximum atomic E-state index is 15.9. The number of nitrogens with zero attached hydrogens (tertiary/aromatic N) is 2. The van der Waals surface area contributed by atoms with Crippen LogP contribution < -0.4 is 15.6 Å². The Kier molecular flexibility index (Phi) is 7.69. The fourth-order valence-corrected chi connectivity index (χ4v) is 6.61. The highest BCUT2D eigenvalue weighted by Crippen LogP contribution is 2.45. The predicted molar refractivity (Wildman–Crippen MR) is 141 cm³/mol. The number of phenols is 1. The van der Waals surface area contributed by atoms with E-state index in [1.165, 1.54) is 6.26 Å². The van der Waals surface area contributed by atoms with Crippen molar-refractivity contribution in [2.75, 3.05) is 32.4 Å². The highest BCUT2D eigenvalue weighted by Gasteiger charge is 2.48. The first kappa shape index (κ1) is 26.3. The van der Waals surface area contributed by atoms with Gasteiger partial charge in [-0.2, -0.15) is 0 Å². The lowest BCUT2D eigenvalue weighted by Crippen LogP contribution is -2.45. The summed E-state index contributed by atoms with van der Waals surface area (Å²) in [4.78, 5) is 10.4. The molecule has 5 atom stereocenters. The van der Waals surface area contributed by atoms with Crippen molar-refractivity contribution in [1.29, 1.82) is 0 Å². The number of fused-ring (bicyclic) bond motifs is 1. The van der Waals surface area contributed by atoms with Gasteiger partial charge in [-0.25, -0.2) is 27.9 Å². The van der Waals surface area contributed by atoms with Gasteiger partial charge in [0.15, 0.2) is 0 Å². The average Bonchev–Trinajstić information content (AvgIpc) is 3.52. The highest BCUT2D eigenvalue weighted by molar-refractivity contribution is 7.88. The lowest BCUT2D eigenvalue weighted by molar-refractivity contribution is 0.135. The molecular weight excluding hydrogens is 495 g/mol. The molecule has 0 spiro atoms. The van der Waals surface area contributed by atoms with Crippen LogP contribution in [0.15, 0.2) is 30.5 Å². The topological polar surface area (TPSA) is 122 Å². The van der Waals surface area contributed by atoms with E-state index in [1.54, 1.807) is 12.1 Å². The summed E-state index contributed by atoms with van der Waals surface area (Å²) in [5.41, 5.74) is 10.6. The molecule has 2 aromatic rings. The van der Waals surface area contributed by atoms with Crippen molar-refractivity contribution in [2.24, 2.45) is 5.92 Å². The number of benzene rings is 1. The molecular formula is C26H37FN6O3S. The molecule has 37 heavy (non-hydrogen) atoms. The maximum absolute atomic E-state index is 15.9. The van der Waals surface area contributed by atoms with E-state index in [1.807, 2.05) is 19.2 Å². The van der Waals surface area contributed by atoms with Gasteiger partial charge in [-0.15, -0.1) is 0 Å². The van der Waals surface area contributed by atoms with Gasteiger partial charge in [0, 0.05) is 38.0 Å². The number of imidazole rings is 1. The van der Waals surface area contributed by atoms with E-state index in [9.17, 15) is 13.5 Å². The molecule has 1 saturated heterocycles. The average molecular weight is 533 g/mol. The fourth-order valence-electron chi connectivity index (χ4n) is 6.15. The van der Waals surface area contributed by atoms with Crippen LogP contribution in [0.2, 0.25) is 0 Å². The van der Waals surface area contributed by atoms with Gasteiger partial charge in [0.2, 0.25) is 10.0 Å². The normalized spacial score (nSPS) is 28.7. The number of aromatic hydroxyl groups is 1. The minimum atomic E-state index is -3.19. The summed E-state index contributed by atoms with van der Waals surface area (Å²) in [7, 11) is -3.19. The van der Waals surface area contributed by atoms with Gasteiger partial charge in [-0.1, -0.05) is 19.1 Å². The Morgan fingerprint density at radius 1 is 1.27 bits per heavy atom. The van der Waals surface area contributed by atoms with E-state index in [4.69, 9.17) is 0 Å². The Morgan fingerprint density at radius 3 is 2.89 bits per heavy atom. The van der Waals surface area contributed by atoms with E-state index in [2.05, 4.69) is 36.5 Å². The molecule has 1 aliphatic carbocycles. The van der Waals surface area contributed by atoms with Gasteiger partial charge in [0.05, 0.1) is 30.2 Å². The van der Waals surface area contributed by atoms with Gasteiger partial charge in [-0.3, -0.25) is 10.3 Å². The van der Waals surface area contributed by atoms with Crippen molar-refractivity contribution in [1.82, 2.24) is 30.4 Å². The zero-order chi connectivity index (χ0) is 26.2. The molecule has 2 fully saturated rings. The summed E-state index contributed by atoms with van der Waals surface area (Å²) >= 11 is 0. The fraction of sp³-hybridized carbons (Fsp3) is 0.577. The van der Waals surface area contributed by atoms with E-state index >= 15 is 4.39 Å². The molecule has 1 aromatic heterocycles. The zero-order valence-corrected chi connectivity index (χ0v) is 22.2. The van der Waals surface area contributed by atoms with Crippen LogP contribution in [-0.2, 0) is 16.4 Å². The molecule has 1 aromatic carbocycles. The number of hydrogen-bond acceptors (Lipinski definition) is 7. The van der Waals surface area contributed by atoms with Crippen molar-refractivity contribution < 1.29 is 17.9 Å². The summed E-state index contributed by atoms with van der Waals surface area (Å²) in [6.45, 7) is 4.66. The van der Waals surface area contributed by atoms with Crippen molar-refractivity contribution in [3.8, 4) is 5.75 Å². The zero-order valence-electron chi connectivity index (χ0n) is 21.4. The Labute approximate surface area is 218 Å². The van der Waals surface area contributed by atoms with E-state index < -0.39 is 16.2 Å². The van der Waals surface area contributed by atoms with Crippen LogP contribution in [-0.4, -0.2) is 73.0 Å². The summed E-state index contributed by atoms with van der Waals surface area (Å²) in [5.74, 6) is 0.899. The second-order valence-electron chi connectivity index (χ2n) is 10.5. The van der Waals surface area contributed by atoms with Crippen LogP contribution in [0.3, 0.4) is 0 Å². The lowest BCUT2D eigenvalue weighted by Gasteiger charge is -2.36. The summed E-state index contributed by atoms with van der Waals surface area (Å²) < 4.78 is 41.1. The largest absolute Gasteiger partial charge is 0.508 e. The van der Waals surface area contributed by atoms with E-state index in [0.717, 1.165) is 67.0 Å². The van der Waals surface area contributed by atoms with Gasteiger partial charge in [0.25, 0.3) is 0 Å². The van der Waals surface area contributed by atoms with Crippen LogP contribution in [0.25, 0.3) is 5.57 Å². The van der Waals surface area contributed by atoms with Crippen LogP contribution in [0.4, 0.5) is 4.39 Å². The molecule has 3 heterocycles. The first-order valence-corrected chi connectivity index (χ1v) is 15.0. The number of aryl methyl sites for hydroxylation is 1. The Hall–Kier alpha value is -2.31. The molecule has 0 amide bonds. The number of phenolic OH excluding ortho intramolecular Hbond substituents is 1. The Balaban J connectivity index is 1.24. The number of rotatable bonds is 8. The number of H-pyrrole nitrogens is 1. The van der Waals surface area contributed by atoms with Crippen LogP contribution in [0.5, 0.6) is 5.75 Å². The number of aromatic nitrogens is 2. The maximum Gasteiger partial charge on any atom is 0.208 e. The standard InChI is InChI=1S/C26H37FN6O3S/c1-3-16-13-18(34)6-7-19(16)20-8-9-21-24(23(20)27)31-32-25(21)26-28-14-22(30-26)17-5-4-11-33(15-17)12-10-29-37(2,35)36/h5-7,13-14,20-21,23-25,29,31-32,34H,3-4,8-12,15H2,1-2H3,(H,28,30). The Bertz CT molecular complexity index is 1250. The molecule has 0 radical (unpaired) electrons. The van der Waals surface area contributed by atoms with Crippen LogP contribution >= 0.6 is 0 Å². The van der Waals surface area contributed by atoms with Crippen molar-refractivity contribution in [2.45, 2.75) is 56.8 Å². The number of hydrogen-bond donors (Lipinski definition) is 5. The first-order valence-electron chi connectivity index (χ1n) is 13.1. The molecule has 5 N–H and O–H groups in total. The van der Waals surface area contributed by atoms with Crippen molar-refractivity contribution in [3.63, 3.8) is 0 Å².